The Kier molecular flexibility index (Phi) is 4.90. The van der Waals surface area contributed by atoms with Crippen molar-refractivity contribution in [2.75, 3.05) is 25.5 Å². The number of alkyl halides is 2. The van der Waals surface area contributed by atoms with Gasteiger partial charge in [0, 0.05) is 24.8 Å². The zero-order chi connectivity index (χ0) is 12.4. The summed E-state index contributed by atoms with van der Waals surface area (Å²) in [5, 5.41) is 3.18. The van der Waals surface area contributed by atoms with Crippen molar-refractivity contribution in [3.8, 4) is 0 Å². The van der Waals surface area contributed by atoms with Crippen molar-refractivity contribution in [2.45, 2.75) is 12.8 Å². The van der Waals surface area contributed by atoms with Crippen molar-refractivity contribution >= 4 is 24.0 Å². The van der Waals surface area contributed by atoms with Crippen molar-refractivity contribution in [1.29, 1.82) is 0 Å². The third-order valence-corrected chi connectivity index (χ3v) is 2.82. The van der Waals surface area contributed by atoms with Gasteiger partial charge < -0.3 is 10.2 Å². The molecule has 100 valence electrons. The van der Waals surface area contributed by atoms with Crippen molar-refractivity contribution in [2.24, 2.45) is 0 Å². The van der Waals surface area contributed by atoms with Crippen LogP contribution in [0.25, 0.3) is 0 Å². The SMILES string of the molecule is CN(CC(F)F)C(=O)c1ccc2c(c1)CCN2.Cl. The lowest BCUT2D eigenvalue weighted by molar-refractivity contribution is 0.0620. The largest absolute Gasteiger partial charge is 0.384 e. The smallest absolute Gasteiger partial charge is 0.255 e. The van der Waals surface area contributed by atoms with Crippen LogP contribution in [0.15, 0.2) is 18.2 Å². The van der Waals surface area contributed by atoms with Gasteiger partial charge in [0.25, 0.3) is 12.3 Å². The third-order valence-electron chi connectivity index (χ3n) is 2.82. The molecule has 1 heterocycles. The van der Waals surface area contributed by atoms with Gasteiger partial charge in [0.1, 0.15) is 0 Å². The number of amides is 1. The van der Waals surface area contributed by atoms with E-state index < -0.39 is 13.0 Å². The fraction of sp³-hybridized carbons (Fsp3) is 0.417. The fourth-order valence-electron chi connectivity index (χ4n) is 1.95. The van der Waals surface area contributed by atoms with Crippen LogP contribution in [0, 0.1) is 0 Å². The molecule has 3 nitrogen and oxygen atoms in total. The number of anilines is 1. The van der Waals surface area contributed by atoms with Crippen molar-refractivity contribution in [1.82, 2.24) is 4.90 Å². The molecule has 1 aliphatic heterocycles. The standard InChI is InChI=1S/C12H14F2N2O.ClH/c1-16(7-11(13)14)12(17)9-2-3-10-8(6-9)4-5-15-10;/h2-3,6,11,15H,4-5,7H2,1H3;1H. The molecule has 0 saturated carbocycles. The van der Waals surface area contributed by atoms with E-state index >= 15 is 0 Å². The Morgan fingerprint density at radius 2 is 2.22 bits per heavy atom. The van der Waals surface area contributed by atoms with E-state index in [1.165, 1.54) is 7.05 Å². The van der Waals surface area contributed by atoms with Crippen LogP contribution in [0.2, 0.25) is 0 Å². The van der Waals surface area contributed by atoms with Crippen LogP contribution >= 0.6 is 12.4 Å². The summed E-state index contributed by atoms with van der Waals surface area (Å²) in [6.07, 6.45) is -1.63. The van der Waals surface area contributed by atoms with E-state index in [4.69, 9.17) is 0 Å². The van der Waals surface area contributed by atoms with Gasteiger partial charge in [-0.05, 0) is 30.2 Å². The molecular weight excluding hydrogens is 262 g/mol. The molecule has 0 saturated heterocycles. The maximum Gasteiger partial charge on any atom is 0.255 e. The van der Waals surface area contributed by atoms with Gasteiger partial charge in [0.05, 0.1) is 6.54 Å². The van der Waals surface area contributed by atoms with E-state index in [2.05, 4.69) is 5.32 Å². The van der Waals surface area contributed by atoms with E-state index in [9.17, 15) is 13.6 Å². The average Bonchev–Trinajstić information content (AvgIpc) is 2.73. The fourth-order valence-corrected chi connectivity index (χ4v) is 1.95. The minimum absolute atomic E-state index is 0. The lowest BCUT2D eigenvalue weighted by Gasteiger charge is -2.16. The topological polar surface area (TPSA) is 32.3 Å². The Labute approximate surface area is 111 Å². The first-order valence-electron chi connectivity index (χ1n) is 5.48. The van der Waals surface area contributed by atoms with Gasteiger partial charge in [-0.2, -0.15) is 0 Å². The van der Waals surface area contributed by atoms with E-state index in [1.807, 2.05) is 6.07 Å². The predicted octanol–water partition coefficient (Wildman–Crippen LogP) is 2.41. The second kappa shape index (κ2) is 6.00. The summed E-state index contributed by atoms with van der Waals surface area (Å²) in [6.45, 7) is 0.327. The number of nitrogens with one attached hydrogen (secondary N) is 1. The van der Waals surface area contributed by atoms with Crippen LogP contribution < -0.4 is 5.32 Å². The summed E-state index contributed by atoms with van der Waals surface area (Å²) < 4.78 is 24.4. The predicted molar refractivity (Wildman–Crippen MR) is 68.8 cm³/mol. The Morgan fingerprint density at radius 3 is 2.89 bits per heavy atom. The molecule has 0 aliphatic carbocycles. The minimum atomic E-state index is -2.50. The number of fused-ring (bicyclic) bond motifs is 1. The number of hydrogen-bond donors (Lipinski definition) is 1. The number of carbonyl (C=O) groups excluding carboxylic acids is 1. The summed E-state index contributed by atoms with van der Waals surface area (Å²) in [6, 6.07) is 5.27. The van der Waals surface area contributed by atoms with Crippen molar-refractivity contribution in [3.05, 3.63) is 29.3 Å². The molecule has 0 radical (unpaired) electrons. The molecule has 0 aromatic heterocycles. The van der Waals surface area contributed by atoms with Gasteiger partial charge in [0.2, 0.25) is 0 Å². The second-order valence-electron chi connectivity index (χ2n) is 4.13. The highest BCUT2D eigenvalue weighted by Gasteiger charge is 2.18. The van der Waals surface area contributed by atoms with Crippen molar-refractivity contribution < 1.29 is 13.6 Å². The van der Waals surface area contributed by atoms with Crippen LogP contribution in [0.3, 0.4) is 0 Å². The molecule has 0 atom stereocenters. The Hall–Kier alpha value is -1.36. The first-order chi connectivity index (χ1) is 8.08. The van der Waals surface area contributed by atoms with Crippen molar-refractivity contribution in [3.63, 3.8) is 0 Å². The zero-order valence-corrected chi connectivity index (χ0v) is 10.8. The molecule has 1 N–H and O–H groups in total. The molecule has 1 aromatic carbocycles. The molecule has 0 fully saturated rings. The monoisotopic (exact) mass is 276 g/mol. The molecule has 2 rings (SSSR count). The molecule has 0 unspecified atom stereocenters. The van der Waals surface area contributed by atoms with Crippen LogP contribution in [0.1, 0.15) is 15.9 Å². The third kappa shape index (κ3) is 3.10. The number of halogens is 3. The highest BCUT2D eigenvalue weighted by Crippen LogP contribution is 2.23. The van der Waals surface area contributed by atoms with Crippen LogP contribution in [-0.4, -0.2) is 37.4 Å². The van der Waals surface area contributed by atoms with Gasteiger partial charge in [-0.15, -0.1) is 12.4 Å². The summed E-state index contributed by atoms with van der Waals surface area (Å²) in [5.74, 6) is -0.361. The Morgan fingerprint density at radius 1 is 1.50 bits per heavy atom. The molecule has 6 heteroatoms. The van der Waals surface area contributed by atoms with Gasteiger partial charge in [-0.1, -0.05) is 0 Å². The Balaban J connectivity index is 0.00000162. The highest BCUT2D eigenvalue weighted by molar-refractivity contribution is 5.95. The van der Waals surface area contributed by atoms with Gasteiger partial charge in [0.15, 0.2) is 0 Å². The molecule has 1 amide bonds. The van der Waals surface area contributed by atoms with E-state index in [0.717, 1.165) is 29.1 Å². The first kappa shape index (κ1) is 14.7. The van der Waals surface area contributed by atoms with E-state index in [-0.39, 0.29) is 18.3 Å². The van der Waals surface area contributed by atoms with Crippen LogP contribution in [0.5, 0.6) is 0 Å². The molecule has 1 aromatic rings. The summed E-state index contributed by atoms with van der Waals surface area (Å²) in [7, 11) is 1.39. The lowest BCUT2D eigenvalue weighted by atomic mass is 10.1. The second-order valence-corrected chi connectivity index (χ2v) is 4.13. The first-order valence-corrected chi connectivity index (χ1v) is 5.48. The zero-order valence-electron chi connectivity index (χ0n) is 9.95. The molecule has 18 heavy (non-hydrogen) atoms. The van der Waals surface area contributed by atoms with Crippen LogP contribution in [0.4, 0.5) is 14.5 Å². The summed E-state index contributed by atoms with van der Waals surface area (Å²) in [5.41, 5.74) is 2.56. The molecule has 0 spiro atoms. The van der Waals surface area contributed by atoms with Gasteiger partial charge in [-0.3, -0.25) is 4.79 Å². The van der Waals surface area contributed by atoms with E-state index in [1.54, 1.807) is 12.1 Å². The number of benzene rings is 1. The lowest BCUT2D eigenvalue weighted by Crippen LogP contribution is -2.31. The Bertz CT molecular complexity index is 440. The molecule has 0 bridgehead atoms. The molecular formula is C12H15ClF2N2O. The number of nitrogens with zero attached hydrogens (tertiary/aromatic N) is 1. The average molecular weight is 277 g/mol. The maximum absolute atomic E-state index is 12.2. The quantitative estimate of drug-likeness (QED) is 0.919. The summed E-state index contributed by atoms with van der Waals surface area (Å²) >= 11 is 0. The normalized spacial score (nSPS) is 12.7. The number of carbonyl (C=O) groups is 1. The summed E-state index contributed by atoms with van der Waals surface area (Å²) in [4.78, 5) is 12.9. The van der Waals surface area contributed by atoms with Gasteiger partial charge >= 0.3 is 0 Å². The maximum atomic E-state index is 12.2. The molecule has 1 aliphatic rings. The number of hydrogen-bond acceptors (Lipinski definition) is 2. The van der Waals surface area contributed by atoms with Gasteiger partial charge in [-0.25, -0.2) is 8.78 Å². The number of rotatable bonds is 3. The van der Waals surface area contributed by atoms with E-state index in [0.29, 0.717) is 5.56 Å². The minimum Gasteiger partial charge on any atom is -0.384 e. The van der Waals surface area contributed by atoms with Crippen LogP contribution in [-0.2, 0) is 6.42 Å². The highest BCUT2D eigenvalue weighted by atomic mass is 35.5.